The molecule has 0 aliphatic heterocycles. The van der Waals surface area contributed by atoms with Gasteiger partial charge in [0.25, 0.3) is 15.7 Å². The average molecular weight is 238 g/mol. The lowest BCUT2D eigenvalue weighted by Gasteiger charge is -2.02. The second-order valence-corrected chi connectivity index (χ2v) is 4.13. The maximum Gasteiger partial charge on any atom is 0.297 e. The van der Waals surface area contributed by atoms with Gasteiger partial charge < -0.3 is 0 Å². The maximum atomic E-state index is 11.9. The lowest BCUT2D eigenvalue weighted by atomic mass is 10.3. The molecule has 15 heavy (non-hydrogen) atoms. The second kappa shape index (κ2) is 3.87. The number of benzene rings is 1. The van der Waals surface area contributed by atoms with Crippen LogP contribution in [0.1, 0.15) is 0 Å². The quantitative estimate of drug-likeness (QED) is 0.452. The molecule has 1 rings (SSSR count). The van der Waals surface area contributed by atoms with E-state index in [1.54, 1.807) is 0 Å². The van der Waals surface area contributed by atoms with Crippen LogP contribution in [0.2, 0.25) is 0 Å². The Hall–Kier alpha value is -1.61. The van der Waals surface area contributed by atoms with Gasteiger partial charge in [-0.05, 0) is 12.1 Å². The van der Waals surface area contributed by atoms with Gasteiger partial charge in [-0.2, -0.15) is 0 Å². The van der Waals surface area contributed by atoms with Crippen molar-refractivity contribution in [2.75, 3.05) is 0 Å². The fourth-order valence-electron chi connectivity index (χ4n) is 0.820. The number of rotatable bonds is 3. The van der Waals surface area contributed by atoms with Gasteiger partial charge in [-0.3, -0.25) is 10.1 Å². The molecule has 0 amide bonds. The molecule has 0 atom stereocenters. The molecule has 0 saturated carbocycles. The third-order valence-corrected chi connectivity index (χ3v) is 2.76. The highest BCUT2D eigenvalue weighted by atomic mass is 32.2. The molecule has 0 radical (unpaired) electrons. The Morgan fingerprint density at radius 3 is 2.00 bits per heavy atom. The van der Waals surface area contributed by atoms with Crippen LogP contribution in [0.4, 0.5) is 14.6 Å². The van der Waals surface area contributed by atoms with Gasteiger partial charge >= 0.3 is 0 Å². The van der Waals surface area contributed by atoms with Gasteiger partial charge in [0.15, 0.2) is 0 Å². The number of hydrogen-bond donors (Lipinski definition) is 0. The molecule has 0 saturated heterocycles. The molecule has 0 spiro atoms. The predicted octanol–water partition coefficient (Wildman–Crippen LogP) is 1.35. The number of nitrogens with zero attached hydrogens (tertiary/aromatic N) is 2. The summed E-state index contributed by atoms with van der Waals surface area (Å²) in [6.07, 6.45) is 0. The van der Waals surface area contributed by atoms with Gasteiger partial charge in [-0.15, -0.1) is 0 Å². The third-order valence-electron chi connectivity index (χ3n) is 1.53. The number of non-ortho nitro benzene ring substituents is 1. The van der Waals surface area contributed by atoms with Gasteiger partial charge in [0.1, 0.15) is 4.75 Å². The van der Waals surface area contributed by atoms with E-state index < -0.39 is 24.6 Å². The van der Waals surface area contributed by atoms with E-state index in [0.717, 1.165) is 24.3 Å². The topological polar surface area (TPSA) is 80.5 Å². The molecule has 0 N–H and O–H groups in total. The summed E-state index contributed by atoms with van der Waals surface area (Å²) in [5.74, 6) is 0. The SMILES string of the molecule is O=[N+]([O-])c1ccc(S(=O)(=O)N(F)F)cc1. The van der Waals surface area contributed by atoms with Gasteiger partial charge in [0.05, 0.1) is 9.82 Å². The van der Waals surface area contributed by atoms with E-state index in [2.05, 4.69) is 0 Å². The monoisotopic (exact) mass is 238 g/mol. The van der Waals surface area contributed by atoms with Crippen LogP contribution in [0.5, 0.6) is 0 Å². The summed E-state index contributed by atoms with van der Waals surface area (Å²) >= 11 is 0. The van der Waals surface area contributed by atoms with Crippen LogP contribution in [0.25, 0.3) is 0 Å². The van der Waals surface area contributed by atoms with Crippen molar-refractivity contribution in [2.45, 2.75) is 4.90 Å². The van der Waals surface area contributed by atoms with E-state index >= 15 is 0 Å². The minimum atomic E-state index is -4.84. The lowest BCUT2D eigenvalue weighted by molar-refractivity contribution is -0.384. The molecular formula is C6H4F2N2O4S. The number of hydrogen-bond acceptors (Lipinski definition) is 4. The Kier molecular flexibility index (Phi) is 2.95. The Morgan fingerprint density at radius 1 is 1.20 bits per heavy atom. The number of sulfonamides is 1. The highest BCUT2D eigenvalue weighted by Crippen LogP contribution is 2.19. The summed E-state index contributed by atoms with van der Waals surface area (Å²) in [5.41, 5.74) is -0.377. The molecule has 0 unspecified atom stereocenters. The minimum Gasteiger partial charge on any atom is -0.258 e. The number of halogens is 2. The van der Waals surface area contributed by atoms with Crippen LogP contribution in [0, 0.1) is 10.1 Å². The van der Waals surface area contributed by atoms with Crippen molar-refractivity contribution >= 4 is 15.7 Å². The first-order valence-corrected chi connectivity index (χ1v) is 4.91. The zero-order valence-corrected chi connectivity index (χ0v) is 7.82. The third kappa shape index (κ3) is 2.25. The number of nitro groups is 1. The Morgan fingerprint density at radius 2 is 1.67 bits per heavy atom. The molecular weight excluding hydrogens is 234 g/mol. The zero-order valence-electron chi connectivity index (χ0n) is 7.00. The van der Waals surface area contributed by atoms with Gasteiger partial charge in [0, 0.05) is 12.1 Å². The smallest absolute Gasteiger partial charge is 0.258 e. The van der Waals surface area contributed by atoms with E-state index in [4.69, 9.17) is 0 Å². The first kappa shape index (κ1) is 11.5. The van der Waals surface area contributed by atoms with Crippen molar-refractivity contribution in [3.63, 3.8) is 0 Å². The first-order valence-electron chi connectivity index (χ1n) is 3.47. The summed E-state index contributed by atoms with van der Waals surface area (Å²) in [6, 6.07) is 3.13. The summed E-state index contributed by atoms with van der Waals surface area (Å²) in [4.78, 5) is 8.72. The van der Waals surface area contributed by atoms with Crippen LogP contribution in [-0.2, 0) is 10.0 Å². The van der Waals surface area contributed by atoms with E-state index in [0.29, 0.717) is 0 Å². The van der Waals surface area contributed by atoms with Gasteiger partial charge in [0.2, 0.25) is 0 Å². The highest BCUT2D eigenvalue weighted by Gasteiger charge is 2.25. The standard InChI is InChI=1S/C6H4F2N2O4S/c7-10(8)15(13,14)6-3-1-5(2-4-6)9(11)12/h1-4H. The maximum absolute atomic E-state index is 11.9. The van der Waals surface area contributed by atoms with E-state index in [9.17, 15) is 27.5 Å². The molecule has 1 aromatic rings. The molecule has 0 aliphatic carbocycles. The summed E-state index contributed by atoms with van der Waals surface area (Å²) in [5, 5.41) is 10.2. The highest BCUT2D eigenvalue weighted by molar-refractivity contribution is 7.88. The van der Waals surface area contributed by atoms with Crippen LogP contribution in [0.15, 0.2) is 29.2 Å². The van der Waals surface area contributed by atoms with E-state index in [1.165, 1.54) is 0 Å². The van der Waals surface area contributed by atoms with Gasteiger partial charge in [-0.1, -0.05) is 8.96 Å². The largest absolute Gasteiger partial charge is 0.297 e. The lowest BCUT2D eigenvalue weighted by Crippen LogP contribution is -2.14. The number of nitro benzene ring substituents is 1. The molecule has 1 aromatic carbocycles. The first-order chi connectivity index (χ1) is 6.85. The van der Waals surface area contributed by atoms with E-state index in [1.807, 2.05) is 0 Å². The fraction of sp³-hybridized carbons (Fsp3) is 0. The van der Waals surface area contributed by atoms with Crippen molar-refractivity contribution in [2.24, 2.45) is 0 Å². The van der Waals surface area contributed by atoms with Crippen molar-refractivity contribution in [3.8, 4) is 0 Å². The summed E-state index contributed by atoms with van der Waals surface area (Å²) in [6.45, 7) is 0. The van der Waals surface area contributed by atoms with Crippen LogP contribution in [0.3, 0.4) is 0 Å². The predicted molar refractivity (Wildman–Crippen MR) is 44.3 cm³/mol. The molecule has 0 heterocycles. The molecule has 6 nitrogen and oxygen atoms in total. The minimum absolute atomic E-state index is 0.377. The normalized spacial score (nSPS) is 11.7. The fourth-order valence-corrected chi connectivity index (χ4v) is 1.46. The summed E-state index contributed by atoms with van der Waals surface area (Å²) in [7, 11) is -4.84. The Bertz CT molecular complexity index is 470. The molecule has 9 heteroatoms. The van der Waals surface area contributed by atoms with Crippen molar-refractivity contribution in [1.82, 2.24) is 4.75 Å². The molecule has 0 bridgehead atoms. The van der Waals surface area contributed by atoms with Crippen LogP contribution in [-0.4, -0.2) is 18.1 Å². The van der Waals surface area contributed by atoms with Crippen LogP contribution < -0.4 is 0 Å². The Balaban J connectivity index is 3.15. The molecule has 82 valence electrons. The molecule has 0 aromatic heterocycles. The average Bonchev–Trinajstić information content (AvgIpc) is 2.17. The van der Waals surface area contributed by atoms with Crippen molar-refractivity contribution in [3.05, 3.63) is 34.4 Å². The zero-order chi connectivity index (χ0) is 11.6. The Labute approximate surface area is 82.8 Å². The van der Waals surface area contributed by atoms with Crippen LogP contribution >= 0.6 is 0 Å². The van der Waals surface area contributed by atoms with Crippen molar-refractivity contribution in [1.29, 1.82) is 0 Å². The molecule has 0 fully saturated rings. The summed E-state index contributed by atoms with van der Waals surface area (Å²) < 4.78 is 43.4. The molecule has 0 aliphatic rings. The van der Waals surface area contributed by atoms with E-state index in [-0.39, 0.29) is 5.69 Å². The second-order valence-electron chi connectivity index (χ2n) is 2.43. The van der Waals surface area contributed by atoms with Gasteiger partial charge in [-0.25, -0.2) is 8.42 Å². The van der Waals surface area contributed by atoms with Crippen molar-refractivity contribution < 1.29 is 22.3 Å².